The third-order valence-electron chi connectivity index (χ3n) is 4.03. The van der Waals surface area contributed by atoms with Gasteiger partial charge in [-0.2, -0.15) is 0 Å². The molecule has 0 spiro atoms. The Kier molecular flexibility index (Phi) is 8.09. The van der Waals surface area contributed by atoms with Crippen LogP contribution in [0, 0.1) is 0 Å². The molecular formula is C22H25NO6. The number of hydrogen-bond acceptors (Lipinski definition) is 5. The highest BCUT2D eigenvalue weighted by Crippen LogP contribution is 2.28. The van der Waals surface area contributed by atoms with Crippen LogP contribution in [0.2, 0.25) is 0 Å². The second-order valence-corrected chi connectivity index (χ2v) is 6.24. The lowest BCUT2D eigenvalue weighted by molar-refractivity contribution is -0.139. The molecule has 0 bridgehead atoms. The standard InChI is InChI=1S/C22H25NO6/c1-4-5-16-6-11-19(20(12-16)27-3)29-13-21(24)23-15(2)17-7-9-18(10-8-17)28-14-22(25)26/h4-12,15H,13-14H2,1-3H3,(H,23,24)(H,25,26)/b5-4+. The molecule has 29 heavy (non-hydrogen) atoms. The first-order valence-corrected chi connectivity index (χ1v) is 9.10. The van der Waals surface area contributed by atoms with Crippen LogP contribution in [0.4, 0.5) is 0 Å². The first kappa shape index (κ1) is 21.8. The topological polar surface area (TPSA) is 94.1 Å². The zero-order valence-electron chi connectivity index (χ0n) is 16.7. The number of carboxylic acid groups (broad SMARTS) is 1. The summed E-state index contributed by atoms with van der Waals surface area (Å²) in [6.07, 6.45) is 3.87. The maximum Gasteiger partial charge on any atom is 0.341 e. The lowest BCUT2D eigenvalue weighted by Gasteiger charge is -2.16. The number of carbonyl (C=O) groups is 2. The van der Waals surface area contributed by atoms with Gasteiger partial charge < -0.3 is 24.6 Å². The molecule has 0 aliphatic heterocycles. The van der Waals surface area contributed by atoms with Gasteiger partial charge in [0.1, 0.15) is 5.75 Å². The van der Waals surface area contributed by atoms with E-state index in [2.05, 4.69) is 5.32 Å². The minimum Gasteiger partial charge on any atom is -0.493 e. The van der Waals surface area contributed by atoms with E-state index in [0.717, 1.165) is 11.1 Å². The lowest BCUT2D eigenvalue weighted by atomic mass is 10.1. The number of methoxy groups -OCH3 is 1. The van der Waals surface area contributed by atoms with E-state index >= 15 is 0 Å². The Hall–Kier alpha value is -3.48. The van der Waals surface area contributed by atoms with E-state index in [1.807, 2.05) is 38.1 Å². The Labute approximate surface area is 169 Å². The van der Waals surface area contributed by atoms with Crippen LogP contribution in [-0.4, -0.2) is 37.3 Å². The summed E-state index contributed by atoms with van der Waals surface area (Å²) in [6, 6.07) is 12.1. The summed E-state index contributed by atoms with van der Waals surface area (Å²) in [5, 5.41) is 11.5. The monoisotopic (exact) mass is 399 g/mol. The van der Waals surface area contributed by atoms with Crippen molar-refractivity contribution in [2.45, 2.75) is 19.9 Å². The van der Waals surface area contributed by atoms with Crippen molar-refractivity contribution in [1.82, 2.24) is 5.32 Å². The van der Waals surface area contributed by atoms with E-state index < -0.39 is 12.6 Å². The second-order valence-electron chi connectivity index (χ2n) is 6.24. The van der Waals surface area contributed by atoms with Gasteiger partial charge in [0.15, 0.2) is 24.7 Å². The minimum atomic E-state index is -1.04. The predicted octanol–water partition coefficient (Wildman–Crippen LogP) is 3.45. The summed E-state index contributed by atoms with van der Waals surface area (Å²) in [5.41, 5.74) is 1.83. The number of aliphatic carboxylic acids is 1. The van der Waals surface area contributed by atoms with Crippen molar-refractivity contribution in [2.24, 2.45) is 0 Å². The van der Waals surface area contributed by atoms with Crippen LogP contribution in [-0.2, 0) is 9.59 Å². The van der Waals surface area contributed by atoms with Crippen molar-refractivity contribution in [1.29, 1.82) is 0 Å². The highest BCUT2D eigenvalue weighted by Gasteiger charge is 2.12. The molecule has 7 heteroatoms. The first-order chi connectivity index (χ1) is 13.9. The number of ether oxygens (including phenoxy) is 3. The summed E-state index contributed by atoms with van der Waals surface area (Å²) >= 11 is 0. The van der Waals surface area contributed by atoms with Crippen molar-refractivity contribution in [3.05, 3.63) is 59.7 Å². The molecular weight excluding hydrogens is 374 g/mol. The van der Waals surface area contributed by atoms with Gasteiger partial charge >= 0.3 is 5.97 Å². The summed E-state index contributed by atoms with van der Waals surface area (Å²) in [6.45, 7) is 3.22. The molecule has 0 aliphatic carbocycles. The van der Waals surface area contributed by atoms with Crippen molar-refractivity contribution < 1.29 is 28.9 Å². The van der Waals surface area contributed by atoms with Crippen LogP contribution < -0.4 is 19.5 Å². The van der Waals surface area contributed by atoms with Gasteiger partial charge in [-0.25, -0.2) is 4.79 Å². The summed E-state index contributed by atoms with van der Waals surface area (Å²) in [7, 11) is 1.55. The summed E-state index contributed by atoms with van der Waals surface area (Å²) < 4.78 is 16.0. The Morgan fingerprint density at radius 1 is 1.07 bits per heavy atom. The molecule has 0 aromatic heterocycles. The molecule has 0 saturated heterocycles. The van der Waals surface area contributed by atoms with E-state index in [1.165, 1.54) is 0 Å². The van der Waals surface area contributed by atoms with Crippen LogP contribution in [0.3, 0.4) is 0 Å². The van der Waals surface area contributed by atoms with E-state index in [9.17, 15) is 9.59 Å². The normalized spacial score (nSPS) is 11.7. The molecule has 0 fully saturated rings. The summed E-state index contributed by atoms with van der Waals surface area (Å²) in [5.74, 6) is 0.180. The van der Waals surface area contributed by atoms with Crippen LogP contribution >= 0.6 is 0 Å². The van der Waals surface area contributed by atoms with Crippen molar-refractivity contribution >= 4 is 18.0 Å². The number of rotatable bonds is 10. The fourth-order valence-electron chi connectivity index (χ4n) is 2.61. The minimum absolute atomic E-state index is 0.149. The van der Waals surface area contributed by atoms with Crippen molar-refractivity contribution in [3.63, 3.8) is 0 Å². The average molecular weight is 399 g/mol. The predicted molar refractivity (Wildman–Crippen MR) is 109 cm³/mol. The van der Waals surface area contributed by atoms with Gasteiger partial charge in [0.05, 0.1) is 13.2 Å². The van der Waals surface area contributed by atoms with E-state index in [-0.39, 0.29) is 18.6 Å². The molecule has 0 radical (unpaired) electrons. The molecule has 0 aliphatic rings. The smallest absolute Gasteiger partial charge is 0.341 e. The molecule has 0 saturated carbocycles. The maximum absolute atomic E-state index is 12.2. The molecule has 1 atom stereocenters. The van der Waals surface area contributed by atoms with Crippen LogP contribution in [0.5, 0.6) is 17.2 Å². The van der Waals surface area contributed by atoms with Gasteiger partial charge in [0, 0.05) is 0 Å². The van der Waals surface area contributed by atoms with Crippen LogP contribution in [0.1, 0.15) is 31.0 Å². The van der Waals surface area contributed by atoms with Gasteiger partial charge in [-0.1, -0.05) is 30.4 Å². The van der Waals surface area contributed by atoms with Crippen LogP contribution in [0.25, 0.3) is 6.08 Å². The molecule has 0 heterocycles. The molecule has 2 aromatic rings. The van der Waals surface area contributed by atoms with Crippen molar-refractivity contribution in [3.8, 4) is 17.2 Å². The Morgan fingerprint density at radius 2 is 1.79 bits per heavy atom. The number of benzene rings is 2. The average Bonchev–Trinajstić information content (AvgIpc) is 2.71. The third kappa shape index (κ3) is 6.88. The number of nitrogens with one attached hydrogen (secondary N) is 1. The SMILES string of the molecule is C/C=C/c1ccc(OCC(=O)NC(C)c2ccc(OCC(=O)O)cc2)c(OC)c1. The molecule has 1 unspecified atom stereocenters. The zero-order chi connectivity index (χ0) is 21.2. The highest BCUT2D eigenvalue weighted by molar-refractivity contribution is 5.78. The van der Waals surface area contributed by atoms with Crippen molar-refractivity contribution in [2.75, 3.05) is 20.3 Å². The van der Waals surface area contributed by atoms with Gasteiger partial charge in [0.25, 0.3) is 5.91 Å². The molecule has 2 N–H and O–H groups in total. The van der Waals surface area contributed by atoms with Gasteiger partial charge in [-0.05, 0) is 49.2 Å². The van der Waals surface area contributed by atoms with E-state index in [0.29, 0.717) is 17.2 Å². The van der Waals surface area contributed by atoms with Crippen LogP contribution in [0.15, 0.2) is 48.5 Å². The summed E-state index contributed by atoms with van der Waals surface area (Å²) in [4.78, 5) is 22.8. The third-order valence-corrected chi connectivity index (χ3v) is 4.03. The molecule has 7 nitrogen and oxygen atoms in total. The fraction of sp³-hybridized carbons (Fsp3) is 0.273. The molecule has 1 amide bonds. The number of carbonyl (C=O) groups excluding carboxylic acids is 1. The Balaban J connectivity index is 1.89. The number of allylic oxidation sites excluding steroid dienone is 1. The molecule has 2 rings (SSSR count). The van der Waals surface area contributed by atoms with E-state index in [1.54, 1.807) is 37.4 Å². The maximum atomic E-state index is 12.2. The number of amides is 1. The first-order valence-electron chi connectivity index (χ1n) is 9.10. The highest BCUT2D eigenvalue weighted by atomic mass is 16.5. The quantitative estimate of drug-likeness (QED) is 0.636. The Bertz CT molecular complexity index is 860. The molecule has 2 aromatic carbocycles. The fourth-order valence-corrected chi connectivity index (χ4v) is 2.61. The van der Waals surface area contributed by atoms with Gasteiger partial charge in [0.2, 0.25) is 0 Å². The number of hydrogen-bond donors (Lipinski definition) is 2. The zero-order valence-corrected chi connectivity index (χ0v) is 16.7. The molecule has 154 valence electrons. The van der Waals surface area contributed by atoms with Gasteiger partial charge in [-0.15, -0.1) is 0 Å². The number of carboxylic acids is 1. The lowest BCUT2D eigenvalue weighted by Crippen LogP contribution is -2.31. The van der Waals surface area contributed by atoms with Gasteiger partial charge in [-0.3, -0.25) is 4.79 Å². The Morgan fingerprint density at radius 3 is 2.41 bits per heavy atom. The largest absolute Gasteiger partial charge is 0.493 e. The second kappa shape index (κ2) is 10.8. The van der Waals surface area contributed by atoms with E-state index in [4.69, 9.17) is 19.3 Å².